The van der Waals surface area contributed by atoms with Crippen LogP contribution in [0.5, 0.6) is 17.2 Å². The number of carbonyl (C=O) groups is 1. The molecule has 5 nitrogen and oxygen atoms in total. The van der Waals surface area contributed by atoms with Gasteiger partial charge in [-0.05, 0) is 106 Å². The molecule has 0 heterocycles. The Bertz CT molecular complexity index is 888. The highest BCUT2D eigenvalue weighted by molar-refractivity contribution is 5.85. The molecule has 32 heavy (non-hydrogen) atoms. The third-order valence-corrected chi connectivity index (χ3v) is 6.61. The number of halogens is 1. The van der Waals surface area contributed by atoms with Gasteiger partial charge in [-0.15, -0.1) is 0 Å². The number of carboxylic acid groups (broad SMARTS) is 1. The van der Waals surface area contributed by atoms with Gasteiger partial charge >= 0.3 is 21.2 Å². The number of hydrogen-bond acceptors (Lipinski definition) is 5. The van der Waals surface area contributed by atoms with Crippen molar-refractivity contribution < 1.29 is 45.3 Å². The monoisotopic (exact) mass is 548 g/mol. The summed E-state index contributed by atoms with van der Waals surface area (Å²) >= 11 is -0.128. The van der Waals surface area contributed by atoms with Crippen molar-refractivity contribution in [3.63, 3.8) is 0 Å². The van der Waals surface area contributed by atoms with Crippen LogP contribution in [0.2, 0.25) is 0 Å². The molecule has 3 rings (SSSR count). The minimum atomic E-state index is -1.17. The molecule has 0 N–H and O–H groups in total. The minimum absolute atomic E-state index is 0.0915. The van der Waals surface area contributed by atoms with Gasteiger partial charge in [0.25, 0.3) is 0 Å². The van der Waals surface area contributed by atoms with E-state index in [1.165, 1.54) is 19.3 Å². The zero-order valence-corrected chi connectivity index (χ0v) is 21.0. The van der Waals surface area contributed by atoms with Gasteiger partial charge < -0.3 is 24.1 Å². The molecule has 0 aliphatic carbocycles. The van der Waals surface area contributed by atoms with Crippen molar-refractivity contribution in [2.75, 3.05) is 13.2 Å². The van der Waals surface area contributed by atoms with E-state index in [4.69, 9.17) is 14.2 Å². The van der Waals surface area contributed by atoms with E-state index in [0.717, 1.165) is 11.5 Å². The molecule has 0 saturated carbocycles. The maximum absolute atomic E-state index is 10.4. The second kappa shape index (κ2) is 13.6. The summed E-state index contributed by atoms with van der Waals surface area (Å²) in [6.07, 6.45) is 0.0915. The Hall–Kier alpha value is -2.74. The van der Waals surface area contributed by atoms with Crippen molar-refractivity contribution in [1.82, 2.24) is 0 Å². The van der Waals surface area contributed by atoms with E-state index >= 15 is 0 Å². The van der Waals surface area contributed by atoms with E-state index < -0.39 is 5.97 Å². The molecule has 0 atom stereocenters. The topological polar surface area (TPSA) is 67.8 Å². The first-order chi connectivity index (χ1) is 15.4. The zero-order chi connectivity index (χ0) is 23.3. The smallest absolute Gasteiger partial charge is 0.357 e. The Morgan fingerprint density at radius 3 is 1.50 bits per heavy atom. The van der Waals surface area contributed by atoms with Crippen LogP contribution in [-0.2, 0) is 0 Å². The zero-order valence-electron chi connectivity index (χ0n) is 18.8. The normalized spacial score (nSPS) is 10.2. The molecule has 0 spiro atoms. The summed E-state index contributed by atoms with van der Waals surface area (Å²) < 4.78 is 19.0. The maximum atomic E-state index is 10.4. The molecule has 0 amide bonds. The number of carbonyl (C=O) groups excluding carboxylic acids is 1. The molecule has 0 fully saturated rings. The first kappa shape index (κ1) is 25.5. The van der Waals surface area contributed by atoms with Gasteiger partial charge in [0.2, 0.25) is 0 Å². The van der Waals surface area contributed by atoms with Crippen molar-refractivity contribution >= 4 is 5.97 Å². The molecule has 0 aromatic heterocycles. The molecule has 0 bridgehead atoms. The van der Waals surface area contributed by atoms with Gasteiger partial charge in [-0.25, -0.2) is 0 Å². The lowest BCUT2D eigenvalue weighted by Crippen LogP contribution is -3.61. The van der Waals surface area contributed by atoms with Gasteiger partial charge in [0.15, 0.2) is 7.14 Å². The first-order valence-corrected chi connectivity index (χ1v) is 12.7. The molecule has 0 aliphatic rings. The van der Waals surface area contributed by atoms with Gasteiger partial charge in [0.05, 0.1) is 25.3 Å². The van der Waals surface area contributed by atoms with E-state index in [9.17, 15) is 9.90 Å². The third kappa shape index (κ3) is 9.18. The Labute approximate surface area is 200 Å². The fourth-order valence-electron chi connectivity index (χ4n) is 2.59. The van der Waals surface area contributed by atoms with Gasteiger partial charge in [0.1, 0.15) is 17.2 Å². The molecule has 6 heteroatoms. The van der Waals surface area contributed by atoms with Crippen LogP contribution in [0.4, 0.5) is 0 Å². The van der Waals surface area contributed by atoms with Crippen molar-refractivity contribution in [3.8, 4) is 17.2 Å². The fourth-order valence-corrected chi connectivity index (χ4v) is 4.75. The van der Waals surface area contributed by atoms with Gasteiger partial charge in [-0.1, -0.05) is 0 Å². The predicted molar refractivity (Wildman–Crippen MR) is 119 cm³/mol. The molecule has 0 aliphatic heterocycles. The van der Waals surface area contributed by atoms with E-state index in [1.54, 1.807) is 12.1 Å². The lowest BCUT2D eigenvalue weighted by Gasteiger charge is -2.10. The number of benzene rings is 3. The maximum Gasteiger partial charge on any atom is 0.357 e. The van der Waals surface area contributed by atoms with E-state index in [1.807, 2.05) is 52.0 Å². The average molecular weight is 548 g/mol. The summed E-state index contributed by atoms with van der Waals surface area (Å²) in [6, 6.07) is 23.0. The fraction of sp³-hybridized carbons (Fsp3) is 0.269. The van der Waals surface area contributed by atoms with Crippen LogP contribution in [0.15, 0.2) is 72.8 Å². The van der Waals surface area contributed by atoms with E-state index in [2.05, 4.69) is 24.3 Å². The summed E-state index contributed by atoms with van der Waals surface area (Å²) in [5.41, 5.74) is 0.163. The Morgan fingerprint density at radius 2 is 1.16 bits per heavy atom. The molecule has 3 aromatic rings. The predicted octanol–water partition coefficient (Wildman–Crippen LogP) is 1.45. The van der Waals surface area contributed by atoms with Crippen LogP contribution in [0, 0.1) is 7.14 Å². The number of carboxylic acids is 1. The molecule has 3 aromatic carbocycles. The molecule has 0 unspecified atom stereocenters. The second-order valence-corrected chi connectivity index (χ2v) is 9.88. The first-order valence-electron chi connectivity index (χ1n) is 10.5. The Morgan fingerprint density at radius 1 is 0.750 bits per heavy atom. The number of aromatic carboxylic acids is 1. The number of ether oxygens (including phenoxy) is 3. The van der Waals surface area contributed by atoms with Crippen LogP contribution < -0.4 is 40.5 Å². The average Bonchev–Trinajstić information content (AvgIpc) is 2.77. The lowest BCUT2D eigenvalue weighted by atomic mass is 10.2. The summed E-state index contributed by atoms with van der Waals surface area (Å²) in [7, 11) is 0. The van der Waals surface area contributed by atoms with Crippen molar-refractivity contribution in [2.45, 2.75) is 33.8 Å². The summed E-state index contributed by atoms with van der Waals surface area (Å²) in [4.78, 5) is 10.4. The van der Waals surface area contributed by atoms with Crippen LogP contribution in [0.1, 0.15) is 38.1 Å². The third-order valence-electron chi connectivity index (χ3n) is 3.93. The summed E-state index contributed by atoms with van der Waals surface area (Å²) in [5.74, 6) is 1.39. The molecule has 0 saturated heterocycles. The van der Waals surface area contributed by atoms with Crippen LogP contribution in [-0.4, -0.2) is 25.3 Å². The highest BCUT2D eigenvalue weighted by Crippen LogP contribution is 2.13. The van der Waals surface area contributed by atoms with Gasteiger partial charge in [-0.3, -0.25) is 0 Å². The van der Waals surface area contributed by atoms with Gasteiger partial charge in [0, 0.05) is 0 Å². The van der Waals surface area contributed by atoms with Crippen molar-refractivity contribution in [1.29, 1.82) is 0 Å². The molecule has 0 radical (unpaired) electrons. The van der Waals surface area contributed by atoms with E-state index in [-0.39, 0.29) is 32.9 Å². The number of rotatable bonds is 9. The van der Waals surface area contributed by atoms with Crippen LogP contribution in [0.25, 0.3) is 0 Å². The molecular weight excluding hydrogens is 519 g/mol. The van der Waals surface area contributed by atoms with E-state index in [0.29, 0.717) is 19.0 Å². The quantitative estimate of drug-likeness (QED) is 0.379. The SMILES string of the molecule is CC(C)Oc1ccc(C(=O)[O-])cc1.CCOc1ccc([I+]c2ccc(OCC)cc2)cc1. The molecule has 170 valence electrons. The largest absolute Gasteiger partial charge is 0.545 e. The van der Waals surface area contributed by atoms with Gasteiger partial charge in [-0.2, -0.15) is 0 Å². The van der Waals surface area contributed by atoms with Crippen LogP contribution >= 0.6 is 0 Å². The number of hydrogen-bond donors (Lipinski definition) is 0. The Balaban J connectivity index is 0.000000244. The second-order valence-electron chi connectivity index (χ2n) is 6.85. The lowest BCUT2D eigenvalue weighted by molar-refractivity contribution is -0.597. The molecular formula is C26H29IO5. The van der Waals surface area contributed by atoms with Crippen molar-refractivity contribution in [2.24, 2.45) is 0 Å². The summed E-state index contributed by atoms with van der Waals surface area (Å²) in [5, 5.41) is 10.4. The van der Waals surface area contributed by atoms with Crippen molar-refractivity contribution in [3.05, 3.63) is 85.5 Å². The summed E-state index contributed by atoms with van der Waals surface area (Å²) in [6.45, 7) is 9.25. The highest BCUT2D eigenvalue weighted by Gasteiger charge is 2.15. The minimum Gasteiger partial charge on any atom is -0.545 e. The standard InChI is InChI=1S/C16H18IO2.C10H12O3/c1-3-18-15-9-5-13(6-10-15)17-14-7-11-16(12-8-14)19-4-2;1-7(2)13-9-5-3-8(4-6-9)10(11)12/h5-12H,3-4H2,1-2H3;3-7H,1-2H3,(H,11,12)/q+1;/p-1. The highest BCUT2D eigenvalue weighted by atomic mass is 127. The van der Waals surface area contributed by atoms with Crippen LogP contribution in [0.3, 0.4) is 0 Å². The Kier molecular flexibility index (Phi) is 10.9.